The molecule has 2 aromatic carbocycles. The van der Waals surface area contributed by atoms with Crippen LogP contribution in [0, 0.1) is 5.41 Å². The topological polar surface area (TPSA) is 113 Å². The van der Waals surface area contributed by atoms with Crippen molar-refractivity contribution in [3.8, 4) is 0 Å². The van der Waals surface area contributed by atoms with Crippen molar-refractivity contribution in [3.63, 3.8) is 0 Å². The number of hydrogen-bond acceptors (Lipinski definition) is 9. The molecule has 1 aliphatic rings. The van der Waals surface area contributed by atoms with Crippen LogP contribution >= 0.6 is 34.8 Å². The lowest BCUT2D eigenvalue weighted by Gasteiger charge is -2.45. The van der Waals surface area contributed by atoms with Gasteiger partial charge in [0, 0.05) is 7.11 Å². The standard InChI is InChI=1S/C24H25Cl3F3NO8S/c1-34-21-20(36-13-16-10-6-3-7-11-16)19(35-12-15-8-4-2-5-9-15)18(39-40(32,33)24(28,29)30)17(38-21)14-37-22(31)23(25,26)27/h2-11,17-21,31H,12-14H2,1H3/t17-,18-,19+,20+,21+/m1/s1. The normalized spacial score (nSPS) is 24.0. The summed E-state index contributed by atoms with van der Waals surface area (Å²) in [6, 6.07) is 17.3. The molecule has 1 saturated heterocycles. The minimum Gasteiger partial charge on any atom is -0.475 e. The Morgan fingerprint density at radius 3 is 1.85 bits per heavy atom. The van der Waals surface area contributed by atoms with Crippen LogP contribution in [0.15, 0.2) is 60.7 Å². The maximum absolute atomic E-state index is 13.4. The van der Waals surface area contributed by atoms with E-state index < -0.39 is 62.6 Å². The first-order valence-electron chi connectivity index (χ1n) is 11.5. The van der Waals surface area contributed by atoms with Gasteiger partial charge in [-0.2, -0.15) is 21.6 Å². The molecule has 16 heteroatoms. The lowest BCUT2D eigenvalue weighted by Crippen LogP contribution is -2.62. The summed E-state index contributed by atoms with van der Waals surface area (Å²) in [5, 5.41) is 7.74. The maximum atomic E-state index is 13.4. The van der Waals surface area contributed by atoms with Crippen LogP contribution in [0.25, 0.3) is 0 Å². The van der Waals surface area contributed by atoms with E-state index in [4.69, 9.17) is 63.9 Å². The molecule has 0 saturated carbocycles. The van der Waals surface area contributed by atoms with Crippen molar-refractivity contribution in [2.45, 2.75) is 53.2 Å². The lowest BCUT2D eigenvalue weighted by atomic mass is 9.98. The van der Waals surface area contributed by atoms with Gasteiger partial charge in [0.05, 0.1) is 13.2 Å². The van der Waals surface area contributed by atoms with E-state index in [1.807, 2.05) is 0 Å². The second kappa shape index (κ2) is 14.0. The molecule has 0 aliphatic carbocycles. The van der Waals surface area contributed by atoms with Crippen molar-refractivity contribution < 1.29 is 49.5 Å². The molecule has 0 spiro atoms. The van der Waals surface area contributed by atoms with E-state index >= 15 is 0 Å². The molecule has 1 aliphatic heterocycles. The van der Waals surface area contributed by atoms with E-state index in [0.717, 1.165) is 0 Å². The number of alkyl halides is 6. The number of hydrogen-bond donors (Lipinski definition) is 1. The number of ether oxygens (including phenoxy) is 5. The molecule has 2 aromatic rings. The largest absolute Gasteiger partial charge is 0.523 e. The third-order valence-corrected chi connectivity index (χ3v) is 7.12. The van der Waals surface area contributed by atoms with E-state index in [1.165, 1.54) is 7.11 Å². The SMILES string of the molecule is CO[C@H]1O[C@H](COC(=N)C(Cl)(Cl)Cl)[C@@H](OS(=O)(=O)C(F)(F)F)[C@H](OCc2ccccc2)[C@@H]1OCc1ccccc1. The van der Waals surface area contributed by atoms with E-state index in [1.54, 1.807) is 60.7 Å². The average molecular weight is 651 g/mol. The van der Waals surface area contributed by atoms with Crippen molar-refractivity contribution in [1.29, 1.82) is 5.41 Å². The van der Waals surface area contributed by atoms with E-state index in [2.05, 4.69) is 4.18 Å². The molecular formula is C24H25Cl3F3NO8S. The van der Waals surface area contributed by atoms with Gasteiger partial charge < -0.3 is 23.7 Å². The predicted octanol–water partition coefficient (Wildman–Crippen LogP) is 5.13. The summed E-state index contributed by atoms with van der Waals surface area (Å²) in [7, 11) is -4.93. The van der Waals surface area contributed by atoms with Gasteiger partial charge in [0.1, 0.15) is 31.0 Å². The lowest BCUT2D eigenvalue weighted by molar-refractivity contribution is -0.309. The number of halogens is 6. The molecule has 0 unspecified atom stereocenters. The molecular weight excluding hydrogens is 626 g/mol. The zero-order valence-corrected chi connectivity index (χ0v) is 23.8. The first kappa shape index (κ1) is 32.8. The molecule has 222 valence electrons. The summed E-state index contributed by atoms with van der Waals surface area (Å²) >= 11 is 16.9. The highest BCUT2D eigenvalue weighted by atomic mass is 35.6. The molecule has 3 rings (SSSR count). The van der Waals surface area contributed by atoms with Gasteiger partial charge in [-0.3, -0.25) is 9.59 Å². The fourth-order valence-electron chi connectivity index (χ4n) is 3.67. The highest BCUT2D eigenvalue weighted by molar-refractivity contribution is 7.87. The summed E-state index contributed by atoms with van der Waals surface area (Å²) in [6.07, 6.45) is -7.72. The fourth-order valence-corrected chi connectivity index (χ4v) is 4.46. The van der Waals surface area contributed by atoms with Crippen LogP contribution < -0.4 is 0 Å². The second-order valence-corrected chi connectivity index (χ2v) is 12.2. The zero-order chi connectivity index (χ0) is 29.6. The van der Waals surface area contributed by atoms with Crippen LogP contribution in [-0.2, 0) is 51.2 Å². The number of nitrogens with one attached hydrogen (secondary N) is 1. The summed E-state index contributed by atoms with van der Waals surface area (Å²) in [5.41, 5.74) is -4.46. The van der Waals surface area contributed by atoms with Gasteiger partial charge in [-0.15, -0.1) is 0 Å². The monoisotopic (exact) mass is 649 g/mol. The Morgan fingerprint density at radius 1 is 0.900 bits per heavy atom. The molecule has 0 amide bonds. The van der Waals surface area contributed by atoms with Crippen molar-refractivity contribution in [3.05, 3.63) is 71.8 Å². The number of rotatable bonds is 11. The molecule has 0 aromatic heterocycles. The Bertz CT molecular complexity index is 1200. The summed E-state index contributed by atoms with van der Waals surface area (Å²) in [4.78, 5) is 0. The van der Waals surface area contributed by atoms with Crippen LogP contribution in [-0.4, -0.2) is 68.0 Å². The Balaban J connectivity index is 1.99. The van der Waals surface area contributed by atoms with E-state index in [9.17, 15) is 21.6 Å². The van der Waals surface area contributed by atoms with Gasteiger partial charge in [0.2, 0.25) is 5.90 Å². The third kappa shape index (κ3) is 8.91. The van der Waals surface area contributed by atoms with Crippen LogP contribution in [0.2, 0.25) is 0 Å². The maximum Gasteiger partial charge on any atom is 0.523 e. The summed E-state index contributed by atoms with van der Waals surface area (Å²) < 4.78 is 95.0. The first-order chi connectivity index (χ1) is 18.7. The quantitative estimate of drug-likeness (QED) is 0.117. The zero-order valence-electron chi connectivity index (χ0n) is 20.7. The fraction of sp³-hybridized carbons (Fsp3) is 0.458. The molecule has 0 radical (unpaired) electrons. The number of benzene rings is 2. The minimum absolute atomic E-state index is 0.0578. The predicted molar refractivity (Wildman–Crippen MR) is 140 cm³/mol. The van der Waals surface area contributed by atoms with Crippen molar-refractivity contribution in [2.24, 2.45) is 0 Å². The third-order valence-electron chi connectivity index (χ3n) is 5.56. The van der Waals surface area contributed by atoms with Crippen LogP contribution in [0.1, 0.15) is 11.1 Å². The molecule has 1 heterocycles. The highest BCUT2D eigenvalue weighted by Gasteiger charge is 2.56. The number of methoxy groups -OCH3 is 1. The molecule has 9 nitrogen and oxygen atoms in total. The van der Waals surface area contributed by atoms with Gasteiger partial charge in [-0.25, -0.2) is 0 Å². The Morgan fingerprint density at radius 2 is 1.40 bits per heavy atom. The second-order valence-electron chi connectivity index (χ2n) is 8.40. The van der Waals surface area contributed by atoms with Gasteiger partial charge in [0.15, 0.2) is 6.29 Å². The van der Waals surface area contributed by atoms with E-state index in [-0.39, 0.29) is 13.2 Å². The van der Waals surface area contributed by atoms with Crippen LogP contribution in [0.3, 0.4) is 0 Å². The van der Waals surface area contributed by atoms with Crippen LogP contribution in [0.4, 0.5) is 13.2 Å². The molecule has 1 fully saturated rings. The van der Waals surface area contributed by atoms with Gasteiger partial charge in [0.25, 0.3) is 3.79 Å². The van der Waals surface area contributed by atoms with Crippen molar-refractivity contribution in [2.75, 3.05) is 13.7 Å². The van der Waals surface area contributed by atoms with Gasteiger partial charge in [-0.05, 0) is 11.1 Å². The smallest absolute Gasteiger partial charge is 0.475 e. The van der Waals surface area contributed by atoms with Gasteiger partial charge in [-0.1, -0.05) is 95.5 Å². The van der Waals surface area contributed by atoms with E-state index in [0.29, 0.717) is 11.1 Å². The molecule has 40 heavy (non-hydrogen) atoms. The summed E-state index contributed by atoms with van der Waals surface area (Å²) in [6.45, 7) is -0.990. The molecule has 1 N–H and O–H groups in total. The Hall–Kier alpha value is -1.68. The van der Waals surface area contributed by atoms with Gasteiger partial charge >= 0.3 is 15.6 Å². The molecule has 5 atom stereocenters. The molecule has 0 bridgehead atoms. The Kier molecular flexibility index (Phi) is 11.5. The average Bonchev–Trinajstić information content (AvgIpc) is 2.90. The highest BCUT2D eigenvalue weighted by Crippen LogP contribution is 2.35. The van der Waals surface area contributed by atoms with Crippen LogP contribution in [0.5, 0.6) is 0 Å². The first-order valence-corrected chi connectivity index (χ1v) is 14.0. The minimum atomic E-state index is -6.17. The van der Waals surface area contributed by atoms with Crippen molar-refractivity contribution in [1.82, 2.24) is 0 Å². The Labute approximate surface area is 243 Å². The summed E-state index contributed by atoms with van der Waals surface area (Å²) in [5.74, 6) is -0.892. The van der Waals surface area contributed by atoms with Crippen molar-refractivity contribution >= 4 is 50.8 Å².